The van der Waals surface area contributed by atoms with Crippen molar-refractivity contribution in [1.82, 2.24) is 14.5 Å². The molecular formula is C27H24Cl5N3O4. The van der Waals surface area contributed by atoms with Crippen molar-refractivity contribution in [2.45, 2.75) is 50.6 Å². The smallest absolute Gasteiger partial charge is 0.167 e. The molecule has 39 heavy (non-hydrogen) atoms. The maximum Gasteiger partial charge on any atom is 0.167 e. The van der Waals surface area contributed by atoms with Crippen LogP contribution in [0.1, 0.15) is 30.7 Å². The SMILES string of the molecule is CC[C@@]1(O)[C@H](OCc2ccc(Cl)cc2Cl)[C@@H](COCc2ccc(Cl)cc2Cl)O[C@H]1n1ccc2c(Cl)ncnc21. The fourth-order valence-corrected chi connectivity index (χ4v) is 5.87. The number of nitrogens with zero attached hydrogens (tertiary/aromatic N) is 3. The highest BCUT2D eigenvalue weighted by atomic mass is 35.5. The third-order valence-electron chi connectivity index (χ3n) is 6.83. The molecule has 2 aromatic heterocycles. The Bertz CT molecular complexity index is 1490. The number of fused-ring (bicyclic) bond motifs is 1. The molecule has 1 saturated heterocycles. The monoisotopic (exact) mass is 629 g/mol. The van der Waals surface area contributed by atoms with Crippen LogP contribution in [0.4, 0.5) is 0 Å². The number of rotatable bonds is 9. The molecular weight excluding hydrogens is 608 g/mol. The fourth-order valence-electron chi connectivity index (χ4n) is 4.75. The highest BCUT2D eigenvalue weighted by Gasteiger charge is 2.56. The zero-order valence-corrected chi connectivity index (χ0v) is 24.4. The van der Waals surface area contributed by atoms with Crippen molar-refractivity contribution in [3.8, 4) is 0 Å². The quantitative estimate of drug-likeness (QED) is 0.192. The summed E-state index contributed by atoms with van der Waals surface area (Å²) in [5.74, 6) is 0. The van der Waals surface area contributed by atoms with E-state index in [1.165, 1.54) is 6.33 Å². The summed E-state index contributed by atoms with van der Waals surface area (Å²) in [6, 6.07) is 12.2. The Morgan fingerprint density at radius 2 is 1.62 bits per heavy atom. The summed E-state index contributed by atoms with van der Waals surface area (Å²) in [7, 11) is 0. The Balaban J connectivity index is 1.43. The van der Waals surface area contributed by atoms with Crippen molar-refractivity contribution in [3.05, 3.63) is 91.4 Å². The van der Waals surface area contributed by atoms with Gasteiger partial charge in [0.2, 0.25) is 0 Å². The number of halogens is 5. The van der Waals surface area contributed by atoms with Crippen molar-refractivity contribution >= 4 is 69.0 Å². The van der Waals surface area contributed by atoms with Gasteiger partial charge in [-0.2, -0.15) is 0 Å². The largest absolute Gasteiger partial charge is 0.382 e. The molecule has 7 nitrogen and oxygen atoms in total. The van der Waals surface area contributed by atoms with Gasteiger partial charge < -0.3 is 23.9 Å². The molecule has 5 rings (SSSR count). The summed E-state index contributed by atoms with van der Waals surface area (Å²) in [5, 5.41) is 15.0. The van der Waals surface area contributed by atoms with Crippen LogP contribution in [-0.4, -0.2) is 44.1 Å². The summed E-state index contributed by atoms with van der Waals surface area (Å²) in [6.45, 7) is 2.33. The molecule has 4 aromatic rings. The third kappa shape index (κ3) is 5.89. The Labute approximate surface area is 250 Å². The van der Waals surface area contributed by atoms with Crippen LogP contribution < -0.4 is 0 Å². The lowest BCUT2D eigenvalue weighted by Gasteiger charge is -2.33. The van der Waals surface area contributed by atoms with Gasteiger partial charge in [-0.15, -0.1) is 0 Å². The van der Waals surface area contributed by atoms with Crippen LogP contribution in [-0.2, 0) is 27.4 Å². The van der Waals surface area contributed by atoms with Gasteiger partial charge >= 0.3 is 0 Å². The molecule has 2 aromatic carbocycles. The molecule has 1 fully saturated rings. The minimum absolute atomic E-state index is 0.117. The molecule has 0 aliphatic carbocycles. The van der Waals surface area contributed by atoms with E-state index in [1.807, 2.05) is 6.92 Å². The number of hydrogen-bond acceptors (Lipinski definition) is 6. The van der Waals surface area contributed by atoms with E-state index in [4.69, 9.17) is 72.2 Å². The van der Waals surface area contributed by atoms with Crippen LogP contribution in [0.2, 0.25) is 25.2 Å². The van der Waals surface area contributed by atoms with E-state index in [-0.39, 0.29) is 19.8 Å². The second-order valence-corrected chi connectivity index (χ2v) is 11.3. The maximum absolute atomic E-state index is 12.1. The van der Waals surface area contributed by atoms with Crippen LogP contribution in [0.25, 0.3) is 11.0 Å². The molecule has 3 heterocycles. The van der Waals surface area contributed by atoms with Gasteiger partial charge in [-0.25, -0.2) is 9.97 Å². The second kappa shape index (κ2) is 12.1. The van der Waals surface area contributed by atoms with Gasteiger partial charge in [-0.3, -0.25) is 0 Å². The molecule has 0 spiro atoms. The average molecular weight is 632 g/mol. The zero-order valence-electron chi connectivity index (χ0n) is 20.7. The van der Waals surface area contributed by atoms with E-state index in [1.54, 1.807) is 53.2 Å². The minimum atomic E-state index is -1.45. The summed E-state index contributed by atoms with van der Waals surface area (Å²) in [5.41, 5.74) is 0.575. The minimum Gasteiger partial charge on any atom is -0.382 e. The zero-order chi connectivity index (χ0) is 27.7. The molecule has 0 bridgehead atoms. The van der Waals surface area contributed by atoms with E-state index < -0.39 is 24.0 Å². The number of benzene rings is 2. The lowest BCUT2D eigenvalue weighted by Crippen LogP contribution is -2.48. The molecule has 0 unspecified atom stereocenters. The van der Waals surface area contributed by atoms with Gasteiger partial charge in [0.25, 0.3) is 0 Å². The lowest BCUT2D eigenvalue weighted by atomic mass is 9.91. The Hall–Kier alpha value is -1.65. The van der Waals surface area contributed by atoms with E-state index in [9.17, 15) is 5.11 Å². The molecule has 4 atom stereocenters. The first kappa shape index (κ1) is 28.9. The Morgan fingerprint density at radius 3 is 2.26 bits per heavy atom. The molecule has 1 aliphatic rings. The summed E-state index contributed by atoms with van der Waals surface area (Å²) in [6.07, 6.45) is 1.18. The summed E-state index contributed by atoms with van der Waals surface area (Å²) in [4.78, 5) is 8.42. The number of hydrogen-bond donors (Lipinski definition) is 1. The predicted octanol–water partition coefficient (Wildman–Crippen LogP) is 7.54. The Morgan fingerprint density at radius 1 is 0.949 bits per heavy atom. The van der Waals surface area contributed by atoms with Crippen LogP contribution in [0.3, 0.4) is 0 Å². The molecule has 0 saturated carbocycles. The van der Waals surface area contributed by atoms with Crippen molar-refractivity contribution in [2.75, 3.05) is 6.61 Å². The molecule has 1 N–H and O–H groups in total. The first-order valence-electron chi connectivity index (χ1n) is 12.1. The van der Waals surface area contributed by atoms with Crippen LogP contribution in [0.15, 0.2) is 55.0 Å². The van der Waals surface area contributed by atoms with Gasteiger partial charge in [-0.1, -0.05) is 77.1 Å². The third-order valence-corrected chi connectivity index (χ3v) is 8.30. The Kier molecular flexibility index (Phi) is 8.93. The standard InChI is InChI=1S/C27H24Cl5N3O4/c1-2-27(36)23(38-12-16-4-6-18(29)10-21(16)31)22(13-37-11-15-3-5-17(28)9-20(15)30)39-26(27)35-8-7-19-24(32)33-14-34-25(19)35/h3-10,14,22-23,26,36H,2,11-13H2,1H3/t22-,23-,26-,27-/m1/s1. The van der Waals surface area contributed by atoms with Gasteiger partial charge in [0, 0.05) is 26.3 Å². The second-order valence-electron chi connectivity index (χ2n) is 9.21. The maximum atomic E-state index is 12.1. The molecule has 1 aliphatic heterocycles. The first-order chi connectivity index (χ1) is 18.7. The van der Waals surface area contributed by atoms with E-state index in [2.05, 4.69) is 9.97 Å². The normalized spacial score (nSPS) is 23.1. The van der Waals surface area contributed by atoms with Crippen molar-refractivity contribution in [3.63, 3.8) is 0 Å². The van der Waals surface area contributed by atoms with Gasteiger partial charge in [0.1, 0.15) is 34.9 Å². The lowest BCUT2D eigenvalue weighted by molar-refractivity contribution is -0.127. The number of aliphatic hydroxyl groups is 1. The summed E-state index contributed by atoms with van der Waals surface area (Å²) >= 11 is 31.1. The number of ether oxygens (including phenoxy) is 3. The van der Waals surface area contributed by atoms with Crippen molar-refractivity contribution < 1.29 is 19.3 Å². The van der Waals surface area contributed by atoms with Crippen LogP contribution >= 0.6 is 58.0 Å². The van der Waals surface area contributed by atoms with Gasteiger partial charge in [0.15, 0.2) is 6.23 Å². The number of aromatic nitrogens is 3. The van der Waals surface area contributed by atoms with Crippen molar-refractivity contribution in [2.24, 2.45) is 0 Å². The summed E-state index contributed by atoms with van der Waals surface area (Å²) < 4.78 is 20.5. The van der Waals surface area contributed by atoms with Crippen LogP contribution in [0, 0.1) is 0 Å². The highest BCUT2D eigenvalue weighted by Crippen LogP contribution is 2.44. The fraction of sp³-hybridized carbons (Fsp3) is 0.333. The van der Waals surface area contributed by atoms with Crippen molar-refractivity contribution in [1.29, 1.82) is 0 Å². The molecule has 12 heteroatoms. The van der Waals surface area contributed by atoms with E-state index in [0.29, 0.717) is 42.7 Å². The van der Waals surface area contributed by atoms with Gasteiger partial charge in [0.05, 0.1) is 25.2 Å². The molecule has 0 amide bonds. The average Bonchev–Trinajstić information content (AvgIpc) is 3.45. The van der Waals surface area contributed by atoms with E-state index in [0.717, 1.165) is 11.1 Å². The van der Waals surface area contributed by atoms with Crippen LogP contribution in [0.5, 0.6) is 0 Å². The predicted molar refractivity (Wildman–Crippen MR) is 153 cm³/mol. The van der Waals surface area contributed by atoms with E-state index >= 15 is 0 Å². The highest BCUT2D eigenvalue weighted by molar-refractivity contribution is 6.35. The molecule has 206 valence electrons. The molecule has 0 radical (unpaired) electrons. The van der Waals surface area contributed by atoms with Gasteiger partial charge in [-0.05, 0) is 47.9 Å². The first-order valence-corrected chi connectivity index (χ1v) is 14.0. The topological polar surface area (TPSA) is 78.6 Å².